The minimum atomic E-state index is 0.723. The maximum Gasteiger partial charge on any atom is 0.118 e. The van der Waals surface area contributed by atoms with Crippen LogP contribution in [0.5, 0.6) is 5.75 Å². The Morgan fingerprint density at radius 2 is 2.00 bits per heavy atom. The molecule has 1 aliphatic heterocycles. The second-order valence-electron chi connectivity index (χ2n) is 5.73. The third kappa shape index (κ3) is 2.93. The molecule has 0 radical (unpaired) electrons. The predicted octanol–water partition coefficient (Wildman–Crippen LogP) is 2.41. The van der Waals surface area contributed by atoms with Crippen LogP contribution in [0.4, 0.5) is 0 Å². The molecule has 104 valence electrons. The highest BCUT2D eigenvalue weighted by atomic mass is 16.5. The van der Waals surface area contributed by atoms with Crippen LogP contribution in [0.15, 0.2) is 24.3 Å². The summed E-state index contributed by atoms with van der Waals surface area (Å²) in [7, 11) is 1.72. The molecule has 2 fully saturated rings. The Morgan fingerprint density at radius 1 is 1.21 bits per heavy atom. The van der Waals surface area contributed by atoms with Crippen LogP contribution in [0.25, 0.3) is 0 Å². The van der Waals surface area contributed by atoms with E-state index in [2.05, 4.69) is 34.5 Å². The molecule has 0 spiro atoms. The van der Waals surface area contributed by atoms with Crippen molar-refractivity contribution in [1.82, 2.24) is 10.2 Å². The fourth-order valence-electron chi connectivity index (χ4n) is 3.51. The van der Waals surface area contributed by atoms with Gasteiger partial charge in [-0.05, 0) is 30.5 Å². The van der Waals surface area contributed by atoms with E-state index in [-0.39, 0.29) is 0 Å². The minimum absolute atomic E-state index is 0.723. The second kappa shape index (κ2) is 5.93. The third-order valence-corrected chi connectivity index (χ3v) is 4.55. The van der Waals surface area contributed by atoms with E-state index in [1.165, 1.54) is 37.8 Å². The fourth-order valence-corrected chi connectivity index (χ4v) is 3.51. The maximum absolute atomic E-state index is 5.22. The zero-order valence-corrected chi connectivity index (χ0v) is 11.8. The van der Waals surface area contributed by atoms with E-state index in [1.54, 1.807) is 7.11 Å². The number of nitrogens with zero attached hydrogens (tertiary/aromatic N) is 1. The lowest BCUT2D eigenvalue weighted by atomic mass is 9.87. The van der Waals surface area contributed by atoms with Gasteiger partial charge in [-0.2, -0.15) is 0 Å². The average Bonchev–Trinajstić information content (AvgIpc) is 2.48. The Kier molecular flexibility index (Phi) is 4.04. The summed E-state index contributed by atoms with van der Waals surface area (Å²) in [6.45, 7) is 3.39. The largest absolute Gasteiger partial charge is 0.497 e. The Bertz CT molecular complexity index is 402. The van der Waals surface area contributed by atoms with Crippen molar-refractivity contribution in [3.05, 3.63) is 29.8 Å². The van der Waals surface area contributed by atoms with Gasteiger partial charge < -0.3 is 10.1 Å². The summed E-state index contributed by atoms with van der Waals surface area (Å²) in [5.41, 5.74) is 1.40. The molecule has 2 aliphatic rings. The smallest absolute Gasteiger partial charge is 0.118 e. The SMILES string of the molecule is COc1ccc(CN2CCN[C@H]3CCCC[C@@H]32)cc1. The van der Waals surface area contributed by atoms with Gasteiger partial charge in [-0.1, -0.05) is 25.0 Å². The average molecular weight is 260 g/mol. The molecule has 0 amide bonds. The van der Waals surface area contributed by atoms with E-state index in [9.17, 15) is 0 Å². The second-order valence-corrected chi connectivity index (χ2v) is 5.73. The van der Waals surface area contributed by atoms with Crippen LogP contribution >= 0.6 is 0 Å². The fraction of sp³-hybridized carbons (Fsp3) is 0.625. The number of piperazine rings is 1. The van der Waals surface area contributed by atoms with Crippen molar-refractivity contribution in [3.8, 4) is 5.75 Å². The van der Waals surface area contributed by atoms with Crippen LogP contribution in [0.2, 0.25) is 0 Å². The molecule has 1 N–H and O–H groups in total. The molecule has 1 heterocycles. The molecule has 1 aromatic rings. The lowest BCUT2D eigenvalue weighted by Gasteiger charge is -2.44. The van der Waals surface area contributed by atoms with Gasteiger partial charge in [0, 0.05) is 31.7 Å². The van der Waals surface area contributed by atoms with Gasteiger partial charge in [-0.3, -0.25) is 4.90 Å². The standard InChI is InChI=1S/C16H24N2O/c1-19-14-8-6-13(7-9-14)12-18-11-10-17-15-4-2-3-5-16(15)18/h6-9,15-17H,2-5,10-12H2,1H3/t15-,16-/m0/s1. The van der Waals surface area contributed by atoms with Crippen LogP contribution in [-0.2, 0) is 6.54 Å². The molecule has 1 aliphatic carbocycles. The quantitative estimate of drug-likeness (QED) is 0.903. The topological polar surface area (TPSA) is 24.5 Å². The summed E-state index contributed by atoms with van der Waals surface area (Å²) in [5.74, 6) is 0.944. The zero-order chi connectivity index (χ0) is 13.1. The molecule has 3 rings (SSSR count). The van der Waals surface area contributed by atoms with Gasteiger partial charge in [0.05, 0.1) is 7.11 Å². The molecule has 0 aromatic heterocycles. The van der Waals surface area contributed by atoms with Crippen LogP contribution in [0.1, 0.15) is 31.2 Å². The molecule has 3 heteroatoms. The summed E-state index contributed by atoms with van der Waals surface area (Å²) in [6, 6.07) is 9.98. The van der Waals surface area contributed by atoms with Crippen molar-refractivity contribution in [1.29, 1.82) is 0 Å². The highest BCUT2D eigenvalue weighted by Crippen LogP contribution is 2.26. The Labute approximate surface area is 115 Å². The van der Waals surface area contributed by atoms with Crippen molar-refractivity contribution in [3.63, 3.8) is 0 Å². The molecular formula is C16H24N2O. The van der Waals surface area contributed by atoms with E-state index < -0.39 is 0 Å². The zero-order valence-electron chi connectivity index (χ0n) is 11.8. The summed E-state index contributed by atoms with van der Waals surface area (Å²) in [5, 5.41) is 3.69. The number of methoxy groups -OCH3 is 1. The molecule has 19 heavy (non-hydrogen) atoms. The number of fused-ring (bicyclic) bond motifs is 1. The summed E-state index contributed by atoms with van der Waals surface area (Å²) in [4.78, 5) is 2.67. The van der Waals surface area contributed by atoms with Gasteiger partial charge in [-0.15, -0.1) is 0 Å². The molecular weight excluding hydrogens is 236 g/mol. The molecule has 1 saturated heterocycles. The van der Waals surface area contributed by atoms with Crippen LogP contribution in [0.3, 0.4) is 0 Å². The van der Waals surface area contributed by atoms with E-state index in [0.717, 1.165) is 30.9 Å². The van der Waals surface area contributed by atoms with Crippen LogP contribution in [0, 0.1) is 0 Å². The molecule has 1 aromatic carbocycles. The summed E-state index contributed by atoms with van der Waals surface area (Å²) >= 11 is 0. The maximum atomic E-state index is 5.22. The summed E-state index contributed by atoms with van der Waals surface area (Å²) in [6.07, 6.45) is 5.49. The third-order valence-electron chi connectivity index (χ3n) is 4.55. The monoisotopic (exact) mass is 260 g/mol. The van der Waals surface area contributed by atoms with Gasteiger partial charge in [0.2, 0.25) is 0 Å². The number of benzene rings is 1. The Hall–Kier alpha value is -1.06. The van der Waals surface area contributed by atoms with E-state index >= 15 is 0 Å². The van der Waals surface area contributed by atoms with Crippen molar-refractivity contribution in [2.75, 3.05) is 20.2 Å². The molecule has 3 nitrogen and oxygen atoms in total. The summed E-state index contributed by atoms with van der Waals surface area (Å²) < 4.78 is 5.22. The van der Waals surface area contributed by atoms with E-state index in [4.69, 9.17) is 4.74 Å². The first-order valence-electron chi connectivity index (χ1n) is 7.47. The van der Waals surface area contributed by atoms with E-state index in [0.29, 0.717) is 0 Å². The van der Waals surface area contributed by atoms with Crippen LogP contribution < -0.4 is 10.1 Å². The van der Waals surface area contributed by atoms with Gasteiger partial charge in [0.15, 0.2) is 0 Å². The van der Waals surface area contributed by atoms with Gasteiger partial charge in [-0.25, -0.2) is 0 Å². The highest BCUT2D eigenvalue weighted by molar-refractivity contribution is 5.27. The van der Waals surface area contributed by atoms with Crippen molar-refractivity contribution in [2.24, 2.45) is 0 Å². The van der Waals surface area contributed by atoms with Gasteiger partial charge >= 0.3 is 0 Å². The van der Waals surface area contributed by atoms with Crippen molar-refractivity contribution < 1.29 is 4.74 Å². The number of ether oxygens (including phenoxy) is 1. The minimum Gasteiger partial charge on any atom is -0.497 e. The Balaban J connectivity index is 1.66. The van der Waals surface area contributed by atoms with E-state index in [1.807, 2.05) is 0 Å². The first-order chi connectivity index (χ1) is 9.36. The predicted molar refractivity (Wildman–Crippen MR) is 77.5 cm³/mol. The molecule has 2 atom stereocenters. The molecule has 1 saturated carbocycles. The normalized spacial score (nSPS) is 27.8. The first kappa shape index (κ1) is 12.9. The number of hydrogen-bond donors (Lipinski definition) is 1. The van der Waals surface area contributed by atoms with Gasteiger partial charge in [0.25, 0.3) is 0 Å². The van der Waals surface area contributed by atoms with Crippen molar-refractivity contribution >= 4 is 0 Å². The highest BCUT2D eigenvalue weighted by Gasteiger charge is 2.32. The lowest BCUT2D eigenvalue weighted by molar-refractivity contribution is 0.0815. The molecule has 0 unspecified atom stereocenters. The number of hydrogen-bond acceptors (Lipinski definition) is 3. The van der Waals surface area contributed by atoms with Gasteiger partial charge in [0.1, 0.15) is 5.75 Å². The van der Waals surface area contributed by atoms with Crippen molar-refractivity contribution in [2.45, 2.75) is 44.3 Å². The lowest BCUT2D eigenvalue weighted by Crippen LogP contribution is -2.58. The van der Waals surface area contributed by atoms with Crippen LogP contribution in [-0.4, -0.2) is 37.2 Å². The molecule has 0 bridgehead atoms. The number of rotatable bonds is 3. The first-order valence-corrected chi connectivity index (χ1v) is 7.47. The number of nitrogens with one attached hydrogen (secondary N) is 1. The Morgan fingerprint density at radius 3 is 2.79 bits per heavy atom.